The Balaban J connectivity index is 2.57. The molecule has 0 saturated carbocycles. The average molecular weight is 313 g/mol. The van der Waals surface area contributed by atoms with Gasteiger partial charge in [0.15, 0.2) is 5.65 Å². The van der Waals surface area contributed by atoms with Gasteiger partial charge in [-0.1, -0.05) is 20.1 Å². The number of nitrogens with one attached hydrogen (secondary N) is 2. The van der Waals surface area contributed by atoms with E-state index < -0.39 is 0 Å². The van der Waals surface area contributed by atoms with E-state index in [1.54, 1.807) is 22.9 Å². The maximum absolute atomic E-state index is 12.3. The average Bonchev–Trinajstić information content (AvgIpc) is 2.82. The molecule has 0 saturated heterocycles. The molecule has 0 aliphatic rings. The third kappa shape index (κ3) is 3.36. The Kier molecular flexibility index (Phi) is 4.74. The van der Waals surface area contributed by atoms with Gasteiger partial charge in [0.25, 0.3) is 0 Å². The summed E-state index contributed by atoms with van der Waals surface area (Å²) < 4.78 is 1.67. The quantitative estimate of drug-likeness (QED) is 0.715. The number of hydrogen-bond donors (Lipinski definition) is 3. The molecule has 1 unspecified atom stereocenters. The Morgan fingerprint density at radius 2 is 2.26 bits per heavy atom. The summed E-state index contributed by atoms with van der Waals surface area (Å²) in [7, 11) is 0. The van der Waals surface area contributed by atoms with Crippen LogP contribution in [0, 0.1) is 0 Å². The molecule has 0 aliphatic heterocycles. The molecule has 0 spiro atoms. The SMILES string of the molecule is C=C(N)/C=C(/Nc1ccnc2c1[nH]c(=O)n2C(C)CC)C(=C)C. The zero-order chi connectivity index (χ0) is 17.1. The van der Waals surface area contributed by atoms with Gasteiger partial charge in [-0.05, 0) is 38.0 Å². The summed E-state index contributed by atoms with van der Waals surface area (Å²) in [6.45, 7) is 13.5. The number of nitrogens with two attached hydrogens (primary N) is 1. The zero-order valence-corrected chi connectivity index (χ0v) is 13.8. The van der Waals surface area contributed by atoms with Crippen molar-refractivity contribution in [1.29, 1.82) is 0 Å². The minimum absolute atomic E-state index is 0.0685. The van der Waals surface area contributed by atoms with Crippen LogP contribution in [0.25, 0.3) is 11.2 Å². The van der Waals surface area contributed by atoms with Crippen LogP contribution >= 0.6 is 0 Å². The van der Waals surface area contributed by atoms with Gasteiger partial charge < -0.3 is 16.0 Å². The van der Waals surface area contributed by atoms with Gasteiger partial charge >= 0.3 is 5.69 Å². The Morgan fingerprint density at radius 3 is 2.83 bits per heavy atom. The highest BCUT2D eigenvalue weighted by Gasteiger charge is 2.15. The second-order valence-electron chi connectivity index (χ2n) is 5.65. The van der Waals surface area contributed by atoms with E-state index in [1.165, 1.54) is 0 Å². The molecule has 0 bridgehead atoms. The first-order valence-corrected chi connectivity index (χ1v) is 7.53. The van der Waals surface area contributed by atoms with Gasteiger partial charge in [0.1, 0.15) is 5.52 Å². The number of pyridine rings is 1. The number of allylic oxidation sites excluding steroid dienone is 2. The van der Waals surface area contributed by atoms with Gasteiger partial charge in [0.05, 0.1) is 5.69 Å². The van der Waals surface area contributed by atoms with Crippen LogP contribution < -0.4 is 16.7 Å². The number of H-pyrrole nitrogens is 1. The number of aromatic amines is 1. The van der Waals surface area contributed by atoms with E-state index in [-0.39, 0.29) is 11.7 Å². The van der Waals surface area contributed by atoms with Crippen LogP contribution in [0.1, 0.15) is 33.2 Å². The van der Waals surface area contributed by atoms with Crippen molar-refractivity contribution in [1.82, 2.24) is 14.5 Å². The topological polar surface area (TPSA) is 88.7 Å². The highest BCUT2D eigenvalue weighted by molar-refractivity contribution is 5.86. The number of fused-ring (bicyclic) bond motifs is 1. The first-order valence-electron chi connectivity index (χ1n) is 7.53. The normalized spacial score (nSPS) is 13.1. The molecule has 4 N–H and O–H groups in total. The smallest absolute Gasteiger partial charge is 0.327 e. The van der Waals surface area contributed by atoms with E-state index in [9.17, 15) is 4.79 Å². The van der Waals surface area contributed by atoms with Crippen molar-refractivity contribution in [2.75, 3.05) is 5.32 Å². The second-order valence-corrected chi connectivity index (χ2v) is 5.65. The van der Waals surface area contributed by atoms with Gasteiger partial charge in [-0.3, -0.25) is 4.57 Å². The van der Waals surface area contributed by atoms with Crippen molar-refractivity contribution in [3.05, 3.63) is 58.9 Å². The Labute approximate surface area is 135 Å². The van der Waals surface area contributed by atoms with Gasteiger partial charge in [-0.25, -0.2) is 9.78 Å². The molecule has 23 heavy (non-hydrogen) atoms. The lowest BCUT2D eigenvalue weighted by molar-refractivity contribution is 0.526. The molecule has 6 heteroatoms. The predicted molar refractivity (Wildman–Crippen MR) is 95.2 cm³/mol. The molecule has 2 aromatic heterocycles. The maximum atomic E-state index is 12.3. The van der Waals surface area contributed by atoms with Gasteiger partial charge in [0, 0.05) is 23.6 Å². The highest BCUT2D eigenvalue weighted by Crippen LogP contribution is 2.24. The highest BCUT2D eigenvalue weighted by atomic mass is 16.1. The Bertz CT molecular complexity index is 840. The van der Waals surface area contributed by atoms with Crippen molar-refractivity contribution >= 4 is 16.9 Å². The van der Waals surface area contributed by atoms with E-state index >= 15 is 0 Å². The Morgan fingerprint density at radius 1 is 1.57 bits per heavy atom. The number of anilines is 1. The van der Waals surface area contributed by atoms with Crippen molar-refractivity contribution in [2.24, 2.45) is 5.73 Å². The van der Waals surface area contributed by atoms with Crippen LogP contribution in [-0.2, 0) is 0 Å². The minimum atomic E-state index is -0.166. The summed E-state index contributed by atoms with van der Waals surface area (Å²) in [6.07, 6.45) is 4.22. The lowest BCUT2D eigenvalue weighted by Gasteiger charge is -2.13. The van der Waals surface area contributed by atoms with Gasteiger partial charge in [0.2, 0.25) is 0 Å². The lowest BCUT2D eigenvalue weighted by atomic mass is 10.2. The molecule has 0 fully saturated rings. The number of hydrogen-bond acceptors (Lipinski definition) is 4. The van der Waals surface area contributed by atoms with Gasteiger partial charge in [-0.15, -0.1) is 0 Å². The van der Waals surface area contributed by atoms with E-state index in [2.05, 4.69) is 28.4 Å². The standard InChI is InChI=1S/C17H23N5O/c1-6-12(5)22-16-15(21-17(22)23)13(7-8-19-16)20-14(10(2)3)9-11(4)18/h7-9,12H,2,4,6,18H2,1,3,5H3,(H,19,20)(H,21,23)/b14-9+. The summed E-state index contributed by atoms with van der Waals surface area (Å²) in [6, 6.07) is 1.87. The van der Waals surface area contributed by atoms with Crippen LogP contribution in [0.4, 0.5) is 5.69 Å². The van der Waals surface area contributed by atoms with Gasteiger partial charge in [-0.2, -0.15) is 0 Å². The molecule has 0 amide bonds. The minimum Gasteiger partial charge on any atom is -0.399 e. The summed E-state index contributed by atoms with van der Waals surface area (Å²) in [4.78, 5) is 19.5. The van der Waals surface area contributed by atoms with Crippen molar-refractivity contribution in [3.63, 3.8) is 0 Å². The van der Waals surface area contributed by atoms with E-state index in [4.69, 9.17) is 5.73 Å². The van der Waals surface area contributed by atoms with Crippen molar-refractivity contribution in [3.8, 4) is 0 Å². The second kappa shape index (κ2) is 6.56. The molecule has 1 atom stereocenters. The lowest BCUT2D eigenvalue weighted by Crippen LogP contribution is -2.20. The van der Waals surface area contributed by atoms with E-state index in [0.717, 1.165) is 23.4 Å². The van der Waals surface area contributed by atoms with Crippen LogP contribution in [-0.4, -0.2) is 14.5 Å². The fraction of sp³-hybridized carbons (Fsp3) is 0.294. The number of aromatic nitrogens is 3. The van der Waals surface area contributed by atoms with Crippen LogP contribution in [0.2, 0.25) is 0 Å². The molecule has 2 heterocycles. The summed E-state index contributed by atoms with van der Waals surface area (Å²) in [5.41, 5.74) is 9.49. The molecule has 0 aromatic carbocycles. The number of nitrogens with zero attached hydrogens (tertiary/aromatic N) is 2. The summed E-state index contributed by atoms with van der Waals surface area (Å²) in [5, 5.41) is 3.25. The molecule has 2 aromatic rings. The fourth-order valence-corrected chi connectivity index (χ4v) is 2.31. The first kappa shape index (κ1) is 16.6. The Hall–Kier alpha value is -2.76. The molecule has 122 valence electrons. The molecule has 0 aliphatic carbocycles. The largest absolute Gasteiger partial charge is 0.399 e. The maximum Gasteiger partial charge on any atom is 0.327 e. The fourth-order valence-electron chi connectivity index (χ4n) is 2.31. The molecule has 0 radical (unpaired) electrons. The van der Waals surface area contributed by atoms with Crippen molar-refractivity contribution < 1.29 is 0 Å². The summed E-state index contributed by atoms with van der Waals surface area (Å²) >= 11 is 0. The van der Waals surface area contributed by atoms with E-state index in [0.29, 0.717) is 16.9 Å². The zero-order valence-electron chi connectivity index (χ0n) is 13.8. The first-order chi connectivity index (χ1) is 10.8. The van der Waals surface area contributed by atoms with E-state index in [1.807, 2.05) is 20.8 Å². The number of imidazole rings is 1. The molecular formula is C17H23N5O. The third-order valence-electron chi connectivity index (χ3n) is 3.70. The van der Waals surface area contributed by atoms with Crippen LogP contribution in [0.3, 0.4) is 0 Å². The summed E-state index contributed by atoms with van der Waals surface area (Å²) in [5.74, 6) is 0. The van der Waals surface area contributed by atoms with Crippen molar-refractivity contribution in [2.45, 2.75) is 33.2 Å². The third-order valence-corrected chi connectivity index (χ3v) is 3.70. The number of rotatable bonds is 6. The molecule has 6 nitrogen and oxygen atoms in total. The monoisotopic (exact) mass is 313 g/mol. The van der Waals surface area contributed by atoms with Crippen LogP contribution in [0.15, 0.2) is 53.3 Å². The molecular weight excluding hydrogens is 290 g/mol. The predicted octanol–water partition coefficient (Wildman–Crippen LogP) is 3.04. The van der Waals surface area contributed by atoms with Crippen LogP contribution in [0.5, 0.6) is 0 Å². The molecule has 2 rings (SSSR count).